The predicted molar refractivity (Wildman–Crippen MR) is 108 cm³/mol. The van der Waals surface area contributed by atoms with Gasteiger partial charge in [-0.05, 0) is 29.8 Å². The van der Waals surface area contributed by atoms with Gasteiger partial charge in [0.2, 0.25) is 0 Å². The van der Waals surface area contributed by atoms with E-state index in [-0.39, 0.29) is 24.4 Å². The maximum absolute atomic E-state index is 12.8. The summed E-state index contributed by atoms with van der Waals surface area (Å²) >= 11 is 0. The summed E-state index contributed by atoms with van der Waals surface area (Å²) in [6.45, 7) is 0.838. The Balaban J connectivity index is 1.47. The zero-order chi connectivity index (χ0) is 21.3. The van der Waals surface area contributed by atoms with Crippen molar-refractivity contribution >= 4 is 28.4 Å². The Labute approximate surface area is 172 Å². The maximum Gasteiger partial charge on any atom is 0.293 e. The van der Waals surface area contributed by atoms with Gasteiger partial charge in [-0.2, -0.15) is 0 Å². The number of ketones is 2. The number of furan rings is 1. The second-order valence-corrected chi connectivity index (χ2v) is 7.61. The monoisotopic (exact) mass is 410 g/mol. The fourth-order valence-corrected chi connectivity index (χ4v) is 3.61. The van der Waals surface area contributed by atoms with Crippen LogP contribution in [0.3, 0.4) is 0 Å². The standard InChI is InChI=1S/C22H22N2O6/c1-24-10-16(20(26)21(27)23-22(11-28-2)12-29-13-22)9-17(24)18(25)8-14-3-4-19-15(7-14)5-6-30-19/h3-7,9-10H,8,11-13H2,1-2H3,(H,23,27). The number of rotatable bonds is 8. The van der Waals surface area contributed by atoms with Gasteiger partial charge in [-0.1, -0.05) is 6.07 Å². The van der Waals surface area contributed by atoms with Crippen LogP contribution in [0, 0.1) is 0 Å². The zero-order valence-corrected chi connectivity index (χ0v) is 16.8. The summed E-state index contributed by atoms with van der Waals surface area (Å²) in [5.74, 6) is -1.60. The van der Waals surface area contributed by atoms with E-state index in [2.05, 4.69) is 5.32 Å². The first kappa shape index (κ1) is 20.1. The first-order chi connectivity index (χ1) is 14.4. The Morgan fingerprint density at radius 3 is 2.70 bits per heavy atom. The van der Waals surface area contributed by atoms with Crippen molar-refractivity contribution in [1.82, 2.24) is 9.88 Å². The fraction of sp³-hybridized carbons (Fsp3) is 0.318. The van der Waals surface area contributed by atoms with Gasteiger partial charge in [0, 0.05) is 37.7 Å². The summed E-state index contributed by atoms with van der Waals surface area (Å²) in [5.41, 5.74) is 1.44. The quantitative estimate of drug-likeness (QED) is 0.450. The highest BCUT2D eigenvalue weighted by Crippen LogP contribution is 2.20. The molecule has 1 fully saturated rings. The highest BCUT2D eigenvalue weighted by Gasteiger charge is 2.41. The van der Waals surface area contributed by atoms with Crippen LogP contribution < -0.4 is 5.32 Å². The molecule has 8 nitrogen and oxygen atoms in total. The normalized spacial score (nSPS) is 15.0. The van der Waals surface area contributed by atoms with E-state index >= 15 is 0 Å². The molecule has 1 N–H and O–H groups in total. The average molecular weight is 410 g/mol. The molecule has 3 aromatic rings. The van der Waals surface area contributed by atoms with Crippen LogP contribution in [0.15, 0.2) is 47.2 Å². The number of benzene rings is 1. The van der Waals surface area contributed by atoms with Crippen LogP contribution in [-0.2, 0) is 27.7 Å². The number of aryl methyl sites for hydroxylation is 1. The van der Waals surface area contributed by atoms with Gasteiger partial charge >= 0.3 is 0 Å². The lowest BCUT2D eigenvalue weighted by Crippen LogP contribution is -2.65. The Kier molecular flexibility index (Phi) is 5.27. The minimum atomic E-state index is -0.745. The molecular formula is C22H22N2O6. The average Bonchev–Trinajstić information content (AvgIpc) is 3.31. The third-order valence-corrected chi connectivity index (χ3v) is 5.20. The smallest absolute Gasteiger partial charge is 0.293 e. The molecule has 0 unspecified atom stereocenters. The molecule has 0 spiro atoms. The third-order valence-electron chi connectivity index (χ3n) is 5.20. The maximum atomic E-state index is 12.8. The number of fused-ring (bicyclic) bond motifs is 1. The summed E-state index contributed by atoms with van der Waals surface area (Å²) in [7, 11) is 3.20. The number of amides is 1. The van der Waals surface area contributed by atoms with Gasteiger partial charge in [0.15, 0.2) is 5.78 Å². The van der Waals surface area contributed by atoms with Gasteiger partial charge in [-0.3, -0.25) is 14.4 Å². The Hall–Kier alpha value is -3.23. The molecule has 1 aliphatic rings. The fourth-order valence-electron chi connectivity index (χ4n) is 3.61. The second kappa shape index (κ2) is 7.89. The number of nitrogens with one attached hydrogen (secondary N) is 1. The van der Waals surface area contributed by atoms with E-state index < -0.39 is 17.2 Å². The Bertz CT molecular complexity index is 1120. The number of hydrogen-bond donors (Lipinski definition) is 1. The molecule has 1 amide bonds. The highest BCUT2D eigenvalue weighted by molar-refractivity contribution is 6.43. The molecule has 0 atom stereocenters. The van der Waals surface area contributed by atoms with E-state index in [0.717, 1.165) is 16.5 Å². The molecule has 30 heavy (non-hydrogen) atoms. The summed E-state index contributed by atoms with van der Waals surface area (Å²) in [4.78, 5) is 37.8. The van der Waals surface area contributed by atoms with Gasteiger partial charge in [0.05, 0.1) is 31.8 Å². The van der Waals surface area contributed by atoms with Crippen LogP contribution in [0.5, 0.6) is 0 Å². The van der Waals surface area contributed by atoms with E-state index in [0.29, 0.717) is 18.9 Å². The molecule has 0 saturated carbocycles. The lowest BCUT2D eigenvalue weighted by atomic mass is 9.98. The van der Waals surface area contributed by atoms with E-state index in [1.807, 2.05) is 24.3 Å². The molecule has 8 heteroatoms. The van der Waals surface area contributed by atoms with Crippen LogP contribution in [0.2, 0.25) is 0 Å². The SMILES string of the molecule is COCC1(NC(=O)C(=O)c2cc(C(=O)Cc3ccc4occc4c3)n(C)c2)COC1. The summed E-state index contributed by atoms with van der Waals surface area (Å²) < 4.78 is 17.1. The lowest BCUT2D eigenvalue weighted by molar-refractivity contribution is -0.135. The minimum absolute atomic E-state index is 0.150. The van der Waals surface area contributed by atoms with Gasteiger partial charge in [-0.25, -0.2) is 0 Å². The zero-order valence-electron chi connectivity index (χ0n) is 16.8. The third kappa shape index (κ3) is 3.79. The van der Waals surface area contributed by atoms with E-state index in [1.54, 1.807) is 17.9 Å². The van der Waals surface area contributed by atoms with Gasteiger partial charge in [-0.15, -0.1) is 0 Å². The van der Waals surface area contributed by atoms with Crippen LogP contribution in [0.1, 0.15) is 26.4 Å². The molecule has 0 bridgehead atoms. The molecule has 1 aromatic carbocycles. The summed E-state index contributed by atoms with van der Waals surface area (Å²) in [6.07, 6.45) is 3.27. The molecule has 4 rings (SSSR count). The van der Waals surface area contributed by atoms with Crippen LogP contribution in [0.25, 0.3) is 11.0 Å². The lowest BCUT2D eigenvalue weighted by Gasteiger charge is -2.41. The van der Waals surface area contributed by atoms with E-state index in [1.165, 1.54) is 19.4 Å². The van der Waals surface area contributed by atoms with Crippen molar-refractivity contribution in [3.8, 4) is 0 Å². The van der Waals surface area contributed by atoms with E-state index in [4.69, 9.17) is 13.9 Å². The first-order valence-corrected chi connectivity index (χ1v) is 9.50. The largest absolute Gasteiger partial charge is 0.464 e. The molecule has 2 aromatic heterocycles. The summed E-state index contributed by atoms with van der Waals surface area (Å²) in [5, 5.41) is 3.62. The van der Waals surface area contributed by atoms with Crippen molar-refractivity contribution < 1.29 is 28.3 Å². The van der Waals surface area contributed by atoms with Gasteiger partial charge in [0.1, 0.15) is 11.1 Å². The van der Waals surface area contributed by atoms with Crippen molar-refractivity contribution in [1.29, 1.82) is 0 Å². The van der Waals surface area contributed by atoms with Gasteiger partial charge < -0.3 is 23.8 Å². The molecule has 3 heterocycles. The number of ether oxygens (including phenoxy) is 2. The van der Waals surface area contributed by atoms with Crippen LogP contribution in [0.4, 0.5) is 0 Å². The minimum Gasteiger partial charge on any atom is -0.464 e. The topological polar surface area (TPSA) is 99.8 Å². The molecule has 1 aliphatic heterocycles. The van der Waals surface area contributed by atoms with Crippen LogP contribution in [-0.4, -0.2) is 54.5 Å². The molecular weight excluding hydrogens is 388 g/mol. The van der Waals surface area contributed by atoms with Crippen molar-refractivity contribution in [2.45, 2.75) is 12.0 Å². The number of aromatic nitrogens is 1. The van der Waals surface area contributed by atoms with Crippen molar-refractivity contribution in [3.63, 3.8) is 0 Å². The Morgan fingerprint density at radius 2 is 2.00 bits per heavy atom. The second-order valence-electron chi connectivity index (χ2n) is 7.61. The van der Waals surface area contributed by atoms with Crippen molar-refractivity contribution in [3.05, 3.63) is 59.6 Å². The number of Topliss-reactive ketones (excluding diaryl/α,β-unsaturated/α-hetero) is 2. The number of carbonyl (C=O) groups excluding carboxylic acids is 3. The van der Waals surface area contributed by atoms with Gasteiger partial charge in [0.25, 0.3) is 11.7 Å². The number of carbonyl (C=O) groups is 3. The van der Waals surface area contributed by atoms with E-state index in [9.17, 15) is 14.4 Å². The van der Waals surface area contributed by atoms with Crippen molar-refractivity contribution in [2.24, 2.45) is 7.05 Å². The van der Waals surface area contributed by atoms with Crippen molar-refractivity contribution in [2.75, 3.05) is 26.9 Å². The number of hydrogen-bond acceptors (Lipinski definition) is 6. The number of methoxy groups -OCH3 is 1. The highest BCUT2D eigenvalue weighted by atomic mass is 16.5. The molecule has 0 radical (unpaired) electrons. The predicted octanol–water partition coefficient (Wildman–Crippen LogP) is 1.91. The van der Waals surface area contributed by atoms with Crippen LogP contribution >= 0.6 is 0 Å². The molecule has 1 saturated heterocycles. The summed E-state index contributed by atoms with van der Waals surface area (Å²) in [6, 6.07) is 8.85. The molecule has 156 valence electrons. The molecule has 0 aliphatic carbocycles. The number of nitrogens with zero attached hydrogens (tertiary/aromatic N) is 1. The Morgan fingerprint density at radius 1 is 1.20 bits per heavy atom. The first-order valence-electron chi connectivity index (χ1n) is 9.50.